The van der Waals surface area contributed by atoms with E-state index in [1.807, 2.05) is 19.9 Å². The van der Waals surface area contributed by atoms with Gasteiger partial charge in [0.2, 0.25) is 0 Å². The number of aromatic amines is 1. The highest BCUT2D eigenvalue weighted by atomic mass is 79.9. The molecule has 0 radical (unpaired) electrons. The van der Waals surface area contributed by atoms with Gasteiger partial charge in [-0.2, -0.15) is 0 Å². The SMILES string of the molecule is C/C=c1/c(C2CCCCCCC2)c(Br)[nH]/c1=C/CC=O.CC. The number of carbonyl (C=O) groups excluding carboxylic acids is 1. The molecule has 1 aliphatic rings. The number of halogens is 1. The van der Waals surface area contributed by atoms with E-state index in [4.69, 9.17) is 0 Å². The lowest BCUT2D eigenvalue weighted by molar-refractivity contribution is -0.106. The number of carbonyl (C=O) groups is 1. The Hall–Kier alpha value is -0.830. The minimum atomic E-state index is 0.470. The third-order valence-electron chi connectivity index (χ3n) is 4.28. The second-order valence-corrected chi connectivity index (χ2v) is 6.41. The molecule has 0 saturated heterocycles. The number of hydrogen-bond acceptors (Lipinski definition) is 1. The smallest absolute Gasteiger partial charge is 0.123 e. The van der Waals surface area contributed by atoms with Crippen molar-refractivity contribution in [3.63, 3.8) is 0 Å². The van der Waals surface area contributed by atoms with Gasteiger partial charge in [-0.25, -0.2) is 0 Å². The van der Waals surface area contributed by atoms with E-state index < -0.39 is 0 Å². The summed E-state index contributed by atoms with van der Waals surface area (Å²) in [5.41, 5.74) is 1.42. The van der Waals surface area contributed by atoms with Gasteiger partial charge < -0.3 is 9.78 Å². The zero-order valence-corrected chi connectivity index (χ0v) is 15.8. The Bertz CT molecular complexity index is 551. The number of H-pyrrole nitrogens is 1. The molecule has 0 unspecified atom stereocenters. The Labute approximate surface area is 143 Å². The third-order valence-corrected chi connectivity index (χ3v) is 4.91. The Morgan fingerprint density at radius 2 is 1.73 bits per heavy atom. The summed E-state index contributed by atoms with van der Waals surface area (Å²) in [7, 11) is 0. The molecule has 0 amide bonds. The Morgan fingerprint density at radius 1 is 1.14 bits per heavy atom. The molecule has 0 atom stereocenters. The first kappa shape index (κ1) is 19.2. The lowest BCUT2D eigenvalue weighted by Gasteiger charge is -2.19. The van der Waals surface area contributed by atoms with Crippen LogP contribution >= 0.6 is 15.9 Å². The minimum Gasteiger partial charge on any atom is -0.349 e. The maximum atomic E-state index is 10.6. The fraction of sp³-hybridized carbons (Fsp3) is 0.632. The third kappa shape index (κ3) is 5.12. The van der Waals surface area contributed by atoms with Gasteiger partial charge in [0.05, 0.1) is 4.60 Å². The van der Waals surface area contributed by atoms with E-state index in [2.05, 4.69) is 33.9 Å². The largest absolute Gasteiger partial charge is 0.349 e. The summed E-state index contributed by atoms with van der Waals surface area (Å²) in [6, 6.07) is 0. The van der Waals surface area contributed by atoms with Crippen LogP contribution in [-0.4, -0.2) is 11.3 Å². The van der Waals surface area contributed by atoms with Gasteiger partial charge in [-0.15, -0.1) is 0 Å². The molecule has 2 nitrogen and oxygen atoms in total. The van der Waals surface area contributed by atoms with Gasteiger partial charge in [-0.05, 0) is 52.4 Å². The second-order valence-electron chi connectivity index (χ2n) is 5.62. The summed E-state index contributed by atoms with van der Waals surface area (Å²) in [5, 5.41) is 2.37. The van der Waals surface area contributed by atoms with Gasteiger partial charge in [0.15, 0.2) is 0 Å². The molecule has 1 saturated carbocycles. The molecular formula is C19H30BrNO. The molecule has 0 aliphatic heterocycles. The lowest BCUT2D eigenvalue weighted by atomic mass is 9.86. The molecule has 1 aromatic heterocycles. The molecule has 124 valence electrons. The number of aromatic nitrogens is 1. The topological polar surface area (TPSA) is 32.9 Å². The fourth-order valence-corrected chi connectivity index (χ4v) is 4.05. The molecule has 22 heavy (non-hydrogen) atoms. The van der Waals surface area contributed by atoms with Crippen LogP contribution in [0.4, 0.5) is 0 Å². The van der Waals surface area contributed by atoms with Gasteiger partial charge in [0, 0.05) is 11.8 Å². The van der Waals surface area contributed by atoms with Crippen molar-refractivity contribution in [2.45, 2.75) is 78.1 Å². The highest BCUT2D eigenvalue weighted by Gasteiger charge is 2.19. The van der Waals surface area contributed by atoms with E-state index in [9.17, 15) is 4.79 Å². The summed E-state index contributed by atoms with van der Waals surface area (Å²) in [6.07, 6.45) is 14.9. The molecule has 0 spiro atoms. The van der Waals surface area contributed by atoms with E-state index in [0.717, 1.165) is 16.2 Å². The Balaban J connectivity index is 0.00000116. The van der Waals surface area contributed by atoms with Crippen molar-refractivity contribution in [1.82, 2.24) is 4.98 Å². The molecule has 1 aromatic rings. The van der Waals surface area contributed by atoms with Gasteiger partial charge >= 0.3 is 0 Å². The van der Waals surface area contributed by atoms with Crippen molar-refractivity contribution < 1.29 is 4.79 Å². The summed E-state index contributed by atoms with van der Waals surface area (Å²) < 4.78 is 1.10. The first-order valence-electron chi connectivity index (χ1n) is 8.75. The van der Waals surface area contributed by atoms with Crippen LogP contribution in [0, 0.1) is 0 Å². The van der Waals surface area contributed by atoms with Crippen molar-refractivity contribution >= 4 is 34.4 Å². The molecule has 0 aromatic carbocycles. The molecule has 1 fully saturated rings. The molecule has 0 bridgehead atoms. The molecule has 1 heterocycles. The molecule has 1 N–H and O–H groups in total. The van der Waals surface area contributed by atoms with Gasteiger partial charge in [-0.3, -0.25) is 0 Å². The van der Waals surface area contributed by atoms with Crippen molar-refractivity contribution in [2.75, 3.05) is 0 Å². The van der Waals surface area contributed by atoms with Gasteiger partial charge in [0.25, 0.3) is 0 Å². The lowest BCUT2D eigenvalue weighted by Crippen LogP contribution is -2.26. The number of nitrogens with one attached hydrogen (secondary N) is 1. The number of rotatable bonds is 3. The maximum Gasteiger partial charge on any atom is 0.123 e. The van der Waals surface area contributed by atoms with E-state index >= 15 is 0 Å². The van der Waals surface area contributed by atoms with E-state index in [0.29, 0.717) is 12.3 Å². The number of aldehydes is 1. The normalized spacial score (nSPS) is 18.4. The van der Waals surface area contributed by atoms with Crippen LogP contribution in [0.5, 0.6) is 0 Å². The fourth-order valence-electron chi connectivity index (χ4n) is 3.30. The molecule has 2 rings (SSSR count). The highest BCUT2D eigenvalue weighted by Crippen LogP contribution is 2.31. The van der Waals surface area contributed by atoms with Crippen LogP contribution in [0.3, 0.4) is 0 Å². The quantitative estimate of drug-likeness (QED) is 0.764. The van der Waals surface area contributed by atoms with Crippen LogP contribution < -0.4 is 10.6 Å². The van der Waals surface area contributed by atoms with Crippen molar-refractivity contribution in [3.8, 4) is 0 Å². The van der Waals surface area contributed by atoms with E-state index in [-0.39, 0.29) is 0 Å². The Kier molecular flexibility index (Phi) is 9.45. The van der Waals surface area contributed by atoms with E-state index in [1.54, 1.807) is 0 Å². The summed E-state index contributed by atoms with van der Waals surface area (Å²) in [4.78, 5) is 14.0. The van der Waals surface area contributed by atoms with Crippen LogP contribution in [-0.2, 0) is 4.79 Å². The average Bonchev–Trinajstić information content (AvgIpc) is 2.83. The molecular weight excluding hydrogens is 338 g/mol. The average molecular weight is 368 g/mol. The summed E-state index contributed by atoms with van der Waals surface area (Å²) in [6.45, 7) is 6.08. The maximum absolute atomic E-state index is 10.6. The monoisotopic (exact) mass is 367 g/mol. The predicted molar refractivity (Wildman–Crippen MR) is 99.4 cm³/mol. The Morgan fingerprint density at radius 3 is 2.27 bits per heavy atom. The summed E-state index contributed by atoms with van der Waals surface area (Å²) in [5.74, 6) is 0.644. The first-order valence-corrected chi connectivity index (χ1v) is 9.54. The zero-order valence-electron chi connectivity index (χ0n) is 14.3. The zero-order chi connectivity index (χ0) is 16.4. The van der Waals surface area contributed by atoms with Crippen LogP contribution in [0.25, 0.3) is 12.2 Å². The van der Waals surface area contributed by atoms with Crippen molar-refractivity contribution in [1.29, 1.82) is 0 Å². The van der Waals surface area contributed by atoms with Gasteiger partial charge in [-0.1, -0.05) is 58.1 Å². The van der Waals surface area contributed by atoms with Crippen molar-refractivity contribution in [3.05, 3.63) is 20.7 Å². The highest BCUT2D eigenvalue weighted by molar-refractivity contribution is 9.10. The second kappa shape index (κ2) is 10.8. The van der Waals surface area contributed by atoms with Crippen LogP contribution in [0.2, 0.25) is 0 Å². The number of hydrogen-bond donors (Lipinski definition) is 1. The summed E-state index contributed by atoms with van der Waals surface area (Å²) >= 11 is 3.70. The first-order chi connectivity index (χ1) is 10.8. The standard InChI is InChI=1S/C17H24BrNO.C2H6/c1-2-14-15(11-8-12-20)19-17(18)16(14)13-9-6-4-3-5-7-10-13;1-2/h2,11-13,19H,3-10H2,1H3;1-2H3/b14-2+,15-11+;. The predicted octanol–water partition coefficient (Wildman–Crippen LogP) is 4.80. The van der Waals surface area contributed by atoms with Crippen LogP contribution in [0.15, 0.2) is 4.60 Å². The minimum absolute atomic E-state index is 0.470. The van der Waals surface area contributed by atoms with Crippen molar-refractivity contribution in [2.24, 2.45) is 0 Å². The van der Waals surface area contributed by atoms with E-state index in [1.165, 1.54) is 55.7 Å². The van der Waals surface area contributed by atoms with Gasteiger partial charge in [0.1, 0.15) is 6.29 Å². The molecule has 3 heteroatoms. The molecule has 1 aliphatic carbocycles. The van der Waals surface area contributed by atoms with Crippen LogP contribution in [0.1, 0.15) is 83.6 Å².